The van der Waals surface area contributed by atoms with E-state index in [-0.39, 0.29) is 35.7 Å². The van der Waals surface area contributed by atoms with Crippen LogP contribution in [0.5, 0.6) is 5.75 Å². The number of benzene rings is 1. The largest absolute Gasteiger partial charge is 0.507 e. The number of hydrogen-bond donors (Lipinski definition) is 5. The average molecular weight is 779 g/mol. The van der Waals surface area contributed by atoms with Crippen LogP contribution < -0.4 is 5.32 Å². The SMILES string of the molecule is CC(CCC(=O)NC(C(=O)O)c1cc(I)c(O)cc1I)C1CCC2C3C(CCC12C)C1CC[C@@H](O)CC1C[C@H]3O. The number of amides is 1. The summed E-state index contributed by atoms with van der Waals surface area (Å²) in [6.07, 6.45) is 8.74. The Morgan fingerprint density at radius 1 is 1.05 bits per heavy atom. The molecule has 222 valence electrons. The number of halogens is 2. The lowest BCUT2D eigenvalue weighted by atomic mass is 9.48. The summed E-state index contributed by atoms with van der Waals surface area (Å²) in [6, 6.07) is 1.98. The minimum Gasteiger partial charge on any atom is -0.507 e. The van der Waals surface area contributed by atoms with E-state index in [2.05, 4.69) is 19.2 Å². The summed E-state index contributed by atoms with van der Waals surface area (Å²) < 4.78 is 1.14. The van der Waals surface area contributed by atoms with E-state index in [0.29, 0.717) is 60.5 Å². The number of carboxylic acids is 1. The second-order valence-electron chi connectivity index (χ2n) is 13.4. The van der Waals surface area contributed by atoms with E-state index in [9.17, 15) is 30.0 Å². The molecule has 0 saturated heterocycles. The van der Waals surface area contributed by atoms with E-state index < -0.39 is 12.0 Å². The number of phenolic OH excluding ortho intramolecular Hbond substituents is 1. The first-order valence-corrected chi connectivity index (χ1v) is 17.1. The summed E-state index contributed by atoms with van der Waals surface area (Å²) >= 11 is 3.95. The summed E-state index contributed by atoms with van der Waals surface area (Å²) in [6.45, 7) is 4.67. The lowest BCUT2D eigenvalue weighted by Gasteiger charge is -2.58. The molecule has 9 unspecified atom stereocenters. The first-order valence-electron chi connectivity index (χ1n) is 15.0. The van der Waals surface area contributed by atoms with Crippen molar-refractivity contribution in [3.63, 3.8) is 0 Å². The second-order valence-corrected chi connectivity index (χ2v) is 15.8. The summed E-state index contributed by atoms with van der Waals surface area (Å²) in [4.78, 5) is 25.0. The number of carbonyl (C=O) groups excluding carboxylic acids is 1. The molecule has 11 atom stereocenters. The van der Waals surface area contributed by atoms with Crippen LogP contribution in [0.1, 0.15) is 89.7 Å². The Balaban J connectivity index is 1.22. The molecule has 0 aliphatic heterocycles. The molecule has 0 aromatic heterocycles. The van der Waals surface area contributed by atoms with Gasteiger partial charge in [-0.25, -0.2) is 4.79 Å². The van der Waals surface area contributed by atoms with Gasteiger partial charge in [0.2, 0.25) is 5.91 Å². The first-order chi connectivity index (χ1) is 18.9. The highest BCUT2D eigenvalue weighted by atomic mass is 127. The molecule has 4 aliphatic carbocycles. The minimum atomic E-state index is -1.16. The van der Waals surface area contributed by atoms with E-state index in [1.54, 1.807) is 6.07 Å². The molecule has 5 rings (SSSR count). The number of aliphatic hydroxyl groups is 2. The zero-order valence-corrected chi connectivity index (χ0v) is 27.7. The van der Waals surface area contributed by atoms with E-state index >= 15 is 0 Å². The van der Waals surface area contributed by atoms with Crippen LogP contribution in [0.3, 0.4) is 0 Å². The predicted octanol–water partition coefficient (Wildman–Crippen LogP) is 5.86. The topological polar surface area (TPSA) is 127 Å². The molecule has 0 bridgehead atoms. The average Bonchev–Trinajstić information content (AvgIpc) is 3.24. The van der Waals surface area contributed by atoms with Gasteiger partial charge in [0.25, 0.3) is 0 Å². The number of aliphatic carboxylic acids is 1. The van der Waals surface area contributed by atoms with Crippen LogP contribution in [0.25, 0.3) is 0 Å². The van der Waals surface area contributed by atoms with Crippen molar-refractivity contribution < 1.29 is 30.0 Å². The summed E-state index contributed by atoms with van der Waals surface area (Å²) in [5, 5.41) is 44.1. The van der Waals surface area contributed by atoms with Crippen molar-refractivity contribution in [2.75, 3.05) is 0 Å². The summed E-state index contributed by atoms with van der Waals surface area (Å²) in [5.41, 5.74) is 0.627. The lowest BCUT2D eigenvalue weighted by molar-refractivity contribution is -0.142. The Hall–Kier alpha value is -0.660. The maximum Gasteiger partial charge on any atom is 0.330 e. The molecule has 4 aliphatic rings. The number of carbonyl (C=O) groups is 2. The maximum atomic E-state index is 13.0. The van der Waals surface area contributed by atoms with Crippen LogP contribution in [0.4, 0.5) is 0 Å². The Bertz CT molecular complexity index is 1130. The molecule has 7 nitrogen and oxygen atoms in total. The fraction of sp³-hybridized carbons (Fsp3) is 0.742. The standard InChI is InChI=1S/C31H43I2NO6/c1-15(3-8-27(38)34-29(30(39)40)20-13-24(33)25(36)14-23(20)32)21-6-7-22-28-19(9-10-31(21,22)2)18-5-4-17(35)11-16(18)12-26(28)37/h13-19,21-22,26,28-29,35-37H,3-12H2,1-2H3,(H,34,38)(H,39,40)/t15?,16?,17-,18?,19?,21?,22?,26-,28?,29?,31?/m1/s1. The van der Waals surface area contributed by atoms with Gasteiger partial charge in [-0.15, -0.1) is 0 Å². The Morgan fingerprint density at radius 3 is 2.52 bits per heavy atom. The fourth-order valence-corrected chi connectivity index (χ4v) is 10.9. The van der Waals surface area contributed by atoms with Gasteiger partial charge in [-0.2, -0.15) is 0 Å². The van der Waals surface area contributed by atoms with Gasteiger partial charge >= 0.3 is 5.97 Å². The van der Waals surface area contributed by atoms with Gasteiger partial charge in [-0.05, 0) is 162 Å². The molecule has 0 spiro atoms. The van der Waals surface area contributed by atoms with E-state index in [1.165, 1.54) is 6.07 Å². The number of hydrogen-bond acceptors (Lipinski definition) is 5. The zero-order chi connectivity index (χ0) is 28.9. The van der Waals surface area contributed by atoms with E-state index in [0.717, 1.165) is 51.4 Å². The summed E-state index contributed by atoms with van der Waals surface area (Å²) in [5.74, 6) is 2.04. The number of nitrogens with one attached hydrogen (secondary N) is 1. The zero-order valence-electron chi connectivity index (χ0n) is 23.4. The van der Waals surface area contributed by atoms with Crippen molar-refractivity contribution in [2.45, 2.75) is 96.3 Å². The lowest BCUT2D eigenvalue weighted by Crippen LogP contribution is -2.54. The van der Waals surface area contributed by atoms with Crippen LogP contribution in [0.2, 0.25) is 0 Å². The number of fused-ring (bicyclic) bond motifs is 5. The van der Waals surface area contributed by atoms with Crippen LogP contribution in [-0.2, 0) is 9.59 Å². The van der Waals surface area contributed by atoms with E-state index in [4.69, 9.17) is 0 Å². The number of aliphatic hydroxyl groups excluding tert-OH is 2. The highest BCUT2D eigenvalue weighted by Gasteiger charge is 2.59. The van der Waals surface area contributed by atoms with Crippen LogP contribution in [0.15, 0.2) is 12.1 Å². The third kappa shape index (κ3) is 5.78. The fourth-order valence-electron chi connectivity index (χ4n) is 9.66. The van der Waals surface area contributed by atoms with Crippen molar-refractivity contribution in [3.8, 4) is 5.75 Å². The molecule has 1 amide bonds. The molecular weight excluding hydrogens is 736 g/mol. The van der Waals surface area contributed by atoms with Crippen molar-refractivity contribution in [1.82, 2.24) is 5.32 Å². The highest BCUT2D eigenvalue weighted by molar-refractivity contribution is 14.1. The number of rotatable bonds is 7. The number of phenols is 1. The van der Waals surface area contributed by atoms with Gasteiger partial charge in [-0.3, -0.25) is 4.79 Å². The summed E-state index contributed by atoms with van der Waals surface area (Å²) in [7, 11) is 0. The van der Waals surface area contributed by atoms with Gasteiger partial charge in [0, 0.05) is 15.6 Å². The predicted molar refractivity (Wildman–Crippen MR) is 168 cm³/mol. The Kier molecular flexibility index (Phi) is 9.35. The molecule has 4 fully saturated rings. The molecule has 0 radical (unpaired) electrons. The van der Waals surface area contributed by atoms with Gasteiger partial charge in [0.15, 0.2) is 6.04 Å². The smallest absolute Gasteiger partial charge is 0.330 e. The quantitative estimate of drug-likeness (QED) is 0.221. The minimum absolute atomic E-state index is 0.0912. The maximum absolute atomic E-state index is 13.0. The van der Waals surface area contributed by atoms with Gasteiger partial charge in [-0.1, -0.05) is 13.8 Å². The van der Waals surface area contributed by atoms with E-state index in [1.807, 2.05) is 45.2 Å². The van der Waals surface area contributed by atoms with Crippen LogP contribution >= 0.6 is 45.2 Å². The molecule has 9 heteroatoms. The second kappa shape index (κ2) is 12.1. The molecule has 1 aromatic rings. The van der Waals surface area contributed by atoms with Gasteiger partial charge in [0.1, 0.15) is 5.75 Å². The highest BCUT2D eigenvalue weighted by Crippen LogP contribution is 2.65. The third-order valence-corrected chi connectivity index (χ3v) is 13.3. The third-order valence-electron chi connectivity index (χ3n) is 11.5. The van der Waals surface area contributed by atoms with Crippen molar-refractivity contribution >= 4 is 57.1 Å². The van der Waals surface area contributed by atoms with Crippen molar-refractivity contribution in [2.24, 2.45) is 46.8 Å². The van der Waals surface area contributed by atoms with Crippen molar-refractivity contribution in [1.29, 1.82) is 0 Å². The number of carboxylic acid groups (broad SMARTS) is 1. The molecule has 4 saturated carbocycles. The molecule has 40 heavy (non-hydrogen) atoms. The van der Waals surface area contributed by atoms with Crippen molar-refractivity contribution in [3.05, 3.63) is 24.8 Å². The molecule has 0 heterocycles. The van der Waals surface area contributed by atoms with Crippen LogP contribution in [0, 0.1) is 54.0 Å². The first kappa shape index (κ1) is 30.8. The number of aromatic hydroxyl groups is 1. The Labute approximate surface area is 264 Å². The molecule has 5 N–H and O–H groups in total. The van der Waals surface area contributed by atoms with Crippen LogP contribution in [-0.4, -0.2) is 44.5 Å². The molecular formula is C31H43I2NO6. The normalized spacial score (nSPS) is 38.5. The Morgan fingerprint density at radius 2 is 1.80 bits per heavy atom. The van der Waals surface area contributed by atoms with Gasteiger partial charge < -0.3 is 25.7 Å². The monoisotopic (exact) mass is 779 g/mol. The van der Waals surface area contributed by atoms with Gasteiger partial charge in [0.05, 0.1) is 15.8 Å². The molecule has 1 aromatic carbocycles.